The summed E-state index contributed by atoms with van der Waals surface area (Å²) in [6.45, 7) is 4.07. The molecule has 4 heteroatoms. The first-order valence-electron chi connectivity index (χ1n) is 9.16. The largest absolute Gasteiger partial charge is 0.481 e. The molecule has 130 valence electrons. The quantitative estimate of drug-likeness (QED) is 0.851. The standard InChI is InChI=1S/C20H27NO3/c1-13(2)18-17(20(23)24)15-11-7-8-12-16(15)19(22)21(18)14-9-5-3-4-6-10-14/h7-8,11-14,17-18H,3-6,9-10H2,1-2H3,(H,23,24). The van der Waals surface area contributed by atoms with Gasteiger partial charge in [0, 0.05) is 11.6 Å². The molecule has 0 radical (unpaired) electrons. The minimum absolute atomic E-state index is 0.0219. The molecule has 1 aliphatic carbocycles. The summed E-state index contributed by atoms with van der Waals surface area (Å²) in [7, 11) is 0. The zero-order valence-corrected chi connectivity index (χ0v) is 14.6. The molecule has 1 N–H and O–H groups in total. The minimum Gasteiger partial charge on any atom is -0.481 e. The third-order valence-corrected chi connectivity index (χ3v) is 5.59. The smallest absolute Gasteiger partial charge is 0.313 e. The summed E-state index contributed by atoms with van der Waals surface area (Å²) in [6, 6.07) is 7.16. The number of benzene rings is 1. The van der Waals surface area contributed by atoms with Crippen LogP contribution in [0.15, 0.2) is 24.3 Å². The minimum atomic E-state index is -0.827. The van der Waals surface area contributed by atoms with Gasteiger partial charge >= 0.3 is 5.97 Å². The molecule has 1 aliphatic heterocycles. The van der Waals surface area contributed by atoms with E-state index in [-0.39, 0.29) is 23.9 Å². The van der Waals surface area contributed by atoms with Gasteiger partial charge < -0.3 is 10.0 Å². The van der Waals surface area contributed by atoms with Crippen molar-refractivity contribution >= 4 is 11.9 Å². The molecule has 1 saturated carbocycles. The Balaban J connectivity index is 2.09. The van der Waals surface area contributed by atoms with E-state index in [1.54, 1.807) is 6.07 Å². The molecule has 3 rings (SSSR count). The van der Waals surface area contributed by atoms with E-state index in [1.807, 2.05) is 36.9 Å². The highest BCUT2D eigenvalue weighted by Crippen LogP contribution is 2.40. The highest BCUT2D eigenvalue weighted by Gasteiger charge is 2.46. The normalized spacial score (nSPS) is 25.5. The van der Waals surface area contributed by atoms with Crippen LogP contribution in [0.3, 0.4) is 0 Å². The fraction of sp³-hybridized carbons (Fsp3) is 0.600. The van der Waals surface area contributed by atoms with Gasteiger partial charge in [-0.2, -0.15) is 0 Å². The van der Waals surface area contributed by atoms with Crippen molar-refractivity contribution in [2.24, 2.45) is 5.92 Å². The highest BCUT2D eigenvalue weighted by molar-refractivity contribution is 6.00. The van der Waals surface area contributed by atoms with Crippen LogP contribution >= 0.6 is 0 Å². The second-order valence-corrected chi connectivity index (χ2v) is 7.50. The summed E-state index contributed by atoms with van der Waals surface area (Å²) in [4.78, 5) is 27.3. The molecule has 1 fully saturated rings. The SMILES string of the molecule is CC(C)C1C(C(=O)O)c2ccccc2C(=O)N1C1CCCCCC1. The number of carbonyl (C=O) groups excluding carboxylic acids is 1. The van der Waals surface area contributed by atoms with Crippen molar-refractivity contribution in [2.45, 2.75) is 70.4 Å². The van der Waals surface area contributed by atoms with Crippen LogP contribution in [-0.2, 0) is 4.79 Å². The van der Waals surface area contributed by atoms with E-state index in [9.17, 15) is 14.7 Å². The van der Waals surface area contributed by atoms with Gasteiger partial charge in [0.05, 0.1) is 6.04 Å². The number of nitrogens with zero attached hydrogens (tertiary/aromatic N) is 1. The maximum absolute atomic E-state index is 13.2. The molecule has 0 aromatic heterocycles. The van der Waals surface area contributed by atoms with Gasteiger partial charge in [-0.1, -0.05) is 57.7 Å². The number of rotatable bonds is 3. The molecule has 0 saturated heterocycles. The molecule has 1 aromatic rings. The van der Waals surface area contributed by atoms with E-state index < -0.39 is 11.9 Å². The van der Waals surface area contributed by atoms with E-state index in [0.717, 1.165) is 25.7 Å². The fourth-order valence-corrected chi connectivity index (χ4v) is 4.51. The molecule has 2 atom stereocenters. The molecular weight excluding hydrogens is 302 g/mol. The molecule has 4 nitrogen and oxygen atoms in total. The first-order valence-corrected chi connectivity index (χ1v) is 9.16. The van der Waals surface area contributed by atoms with E-state index in [1.165, 1.54) is 12.8 Å². The van der Waals surface area contributed by atoms with Crippen molar-refractivity contribution in [1.82, 2.24) is 4.90 Å². The summed E-state index contributed by atoms with van der Waals surface area (Å²) in [6.07, 6.45) is 6.65. The Kier molecular flexibility index (Phi) is 4.93. The topological polar surface area (TPSA) is 57.6 Å². The number of hydrogen-bond donors (Lipinski definition) is 1. The highest BCUT2D eigenvalue weighted by atomic mass is 16.4. The molecule has 2 unspecified atom stereocenters. The van der Waals surface area contributed by atoms with Gasteiger partial charge in [-0.25, -0.2) is 0 Å². The zero-order chi connectivity index (χ0) is 17.3. The van der Waals surface area contributed by atoms with Gasteiger partial charge in [0.25, 0.3) is 5.91 Å². The Morgan fingerprint density at radius 2 is 1.75 bits per heavy atom. The molecule has 1 heterocycles. The number of carboxylic acids is 1. The monoisotopic (exact) mass is 329 g/mol. The predicted octanol–water partition coefficient (Wildman–Crippen LogP) is 4.06. The summed E-state index contributed by atoms with van der Waals surface area (Å²) < 4.78 is 0. The third-order valence-electron chi connectivity index (χ3n) is 5.59. The lowest BCUT2D eigenvalue weighted by atomic mass is 9.77. The Bertz CT molecular complexity index is 617. The van der Waals surface area contributed by atoms with Crippen LogP contribution in [-0.4, -0.2) is 34.0 Å². The van der Waals surface area contributed by atoms with Crippen molar-refractivity contribution in [2.75, 3.05) is 0 Å². The average Bonchev–Trinajstić information content (AvgIpc) is 2.83. The van der Waals surface area contributed by atoms with Crippen molar-refractivity contribution in [1.29, 1.82) is 0 Å². The average molecular weight is 329 g/mol. The molecule has 0 bridgehead atoms. The van der Waals surface area contributed by atoms with Crippen molar-refractivity contribution < 1.29 is 14.7 Å². The van der Waals surface area contributed by atoms with Crippen molar-refractivity contribution in [3.05, 3.63) is 35.4 Å². The van der Waals surface area contributed by atoms with Crippen LogP contribution in [0.4, 0.5) is 0 Å². The number of carbonyl (C=O) groups is 2. The Labute approximate surface area is 143 Å². The number of aliphatic carboxylic acids is 1. The summed E-state index contributed by atoms with van der Waals surface area (Å²) >= 11 is 0. The van der Waals surface area contributed by atoms with Crippen molar-refractivity contribution in [3.8, 4) is 0 Å². The predicted molar refractivity (Wildman–Crippen MR) is 93.1 cm³/mol. The number of hydrogen-bond acceptors (Lipinski definition) is 2. The van der Waals surface area contributed by atoms with E-state index in [0.29, 0.717) is 11.1 Å². The second-order valence-electron chi connectivity index (χ2n) is 7.50. The second kappa shape index (κ2) is 6.96. The van der Waals surface area contributed by atoms with Crippen LogP contribution in [0.5, 0.6) is 0 Å². The molecule has 0 spiro atoms. The van der Waals surface area contributed by atoms with Gasteiger partial charge in [-0.05, 0) is 30.4 Å². The maximum atomic E-state index is 13.2. The van der Waals surface area contributed by atoms with E-state index >= 15 is 0 Å². The van der Waals surface area contributed by atoms with Crippen LogP contribution < -0.4 is 0 Å². The Hall–Kier alpha value is -1.84. The van der Waals surface area contributed by atoms with Gasteiger partial charge in [-0.15, -0.1) is 0 Å². The first-order chi connectivity index (χ1) is 11.5. The lowest BCUT2D eigenvalue weighted by Gasteiger charge is -2.46. The van der Waals surface area contributed by atoms with Crippen LogP contribution in [0, 0.1) is 5.92 Å². The van der Waals surface area contributed by atoms with Crippen molar-refractivity contribution in [3.63, 3.8) is 0 Å². The first kappa shape index (κ1) is 17.0. The van der Waals surface area contributed by atoms with E-state index in [2.05, 4.69) is 0 Å². The molecule has 1 aromatic carbocycles. The summed E-state index contributed by atoms with van der Waals surface area (Å²) in [5.41, 5.74) is 1.25. The number of carboxylic acid groups (broad SMARTS) is 1. The third kappa shape index (κ3) is 2.94. The zero-order valence-electron chi connectivity index (χ0n) is 14.6. The lowest BCUT2D eigenvalue weighted by molar-refractivity contribution is -0.141. The number of fused-ring (bicyclic) bond motifs is 1. The molecular formula is C20H27NO3. The summed E-state index contributed by atoms with van der Waals surface area (Å²) in [5, 5.41) is 9.92. The maximum Gasteiger partial charge on any atom is 0.313 e. The Morgan fingerprint density at radius 1 is 1.12 bits per heavy atom. The van der Waals surface area contributed by atoms with Crippen LogP contribution in [0.2, 0.25) is 0 Å². The van der Waals surface area contributed by atoms with Crippen LogP contribution in [0.25, 0.3) is 0 Å². The van der Waals surface area contributed by atoms with Crippen LogP contribution in [0.1, 0.15) is 74.2 Å². The fourth-order valence-electron chi connectivity index (χ4n) is 4.51. The van der Waals surface area contributed by atoms with E-state index in [4.69, 9.17) is 0 Å². The van der Waals surface area contributed by atoms with Gasteiger partial charge in [0.15, 0.2) is 0 Å². The number of amides is 1. The van der Waals surface area contributed by atoms with Gasteiger partial charge in [0.2, 0.25) is 0 Å². The molecule has 24 heavy (non-hydrogen) atoms. The van der Waals surface area contributed by atoms with Gasteiger partial charge in [0.1, 0.15) is 5.92 Å². The summed E-state index contributed by atoms with van der Waals surface area (Å²) in [5.74, 6) is -1.34. The molecule has 2 aliphatic rings. The molecule has 1 amide bonds. The van der Waals surface area contributed by atoms with Gasteiger partial charge in [-0.3, -0.25) is 9.59 Å². The Morgan fingerprint density at radius 3 is 2.33 bits per heavy atom. The lowest BCUT2D eigenvalue weighted by Crippen LogP contribution is -2.56.